The lowest BCUT2D eigenvalue weighted by Crippen LogP contribution is -2.53. The Labute approximate surface area is 258 Å². The molecule has 2 heterocycles. The highest BCUT2D eigenvalue weighted by Gasteiger charge is 2.44. The number of H-pyrrole nitrogens is 1. The summed E-state index contributed by atoms with van der Waals surface area (Å²) in [5.41, 5.74) is 2.50. The first-order valence-electron chi connectivity index (χ1n) is 14.9. The number of para-hydroxylation sites is 1. The number of nitrogens with one attached hydrogen (secondary N) is 5. The van der Waals surface area contributed by atoms with Gasteiger partial charge in [-0.2, -0.15) is 13.2 Å². The molecule has 1 aliphatic rings. The van der Waals surface area contributed by atoms with Crippen molar-refractivity contribution < 1.29 is 32.3 Å². The number of carbonyl (C=O) groups excluding carboxylic acids is 4. The summed E-state index contributed by atoms with van der Waals surface area (Å²) in [5.74, 6) is -3.80. The molecule has 240 valence electrons. The van der Waals surface area contributed by atoms with Gasteiger partial charge in [0.05, 0.1) is 6.54 Å². The number of aromatic nitrogens is 1. The Kier molecular flexibility index (Phi) is 11.0. The van der Waals surface area contributed by atoms with E-state index in [4.69, 9.17) is 5.41 Å². The number of nitrogens with zero attached hydrogens (tertiary/aromatic N) is 1. The summed E-state index contributed by atoms with van der Waals surface area (Å²) < 4.78 is 40.2. The van der Waals surface area contributed by atoms with E-state index in [1.54, 1.807) is 55.5 Å². The van der Waals surface area contributed by atoms with E-state index in [9.17, 15) is 32.3 Å². The highest BCUT2D eigenvalue weighted by atomic mass is 19.4. The zero-order valence-electron chi connectivity index (χ0n) is 24.9. The van der Waals surface area contributed by atoms with Gasteiger partial charge in [0.15, 0.2) is 0 Å². The van der Waals surface area contributed by atoms with E-state index in [1.807, 2.05) is 4.90 Å². The lowest BCUT2D eigenvalue weighted by Gasteiger charge is -2.29. The Bertz CT molecular complexity index is 1530. The number of Topliss-reactive ketones (excluding diaryl/α,β-unsaturated/α-hetero) is 1. The fourth-order valence-electron chi connectivity index (χ4n) is 5.30. The Morgan fingerprint density at radius 3 is 2.24 bits per heavy atom. The molecule has 5 N–H and O–H groups in total. The number of rotatable bonds is 12. The third-order valence-electron chi connectivity index (χ3n) is 7.77. The van der Waals surface area contributed by atoms with Crippen LogP contribution in [0, 0.1) is 5.41 Å². The summed E-state index contributed by atoms with van der Waals surface area (Å²) in [4.78, 5) is 55.1. The Morgan fingerprint density at radius 2 is 1.58 bits per heavy atom. The van der Waals surface area contributed by atoms with E-state index in [0.29, 0.717) is 27.9 Å². The average Bonchev–Trinajstić information content (AvgIpc) is 3.45. The maximum Gasteiger partial charge on any atom is 0.452 e. The number of amides is 3. The number of hydrogen-bond donors (Lipinski definition) is 5. The van der Waals surface area contributed by atoms with Crippen molar-refractivity contribution >= 4 is 40.2 Å². The van der Waals surface area contributed by atoms with Crippen LogP contribution in [0.4, 0.5) is 13.2 Å². The molecule has 2 atom stereocenters. The second-order valence-electron chi connectivity index (χ2n) is 11.0. The van der Waals surface area contributed by atoms with Crippen molar-refractivity contribution in [3.05, 3.63) is 71.4 Å². The van der Waals surface area contributed by atoms with E-state index in [2.05, 4.69) is 20.9 Å². The first kappa shape index (κ1) is 33.2. The van der Waals surface area contributed by atoms with Gasteiger partial charge >= 0.3 is 6.18 Å². The summed E-state index contributed by atoms with van der Waals surface area (Å²) in [6.45, 7) is 2.56. The van der Waals surface area contributed by atoms with Crippen LogP contribution in [0.5, 0.6) is 0 Å². The molecule has 10 nitrogen and oxygen atoms in total. The van der Waals surface area contributed by atoms with E-state index >= 15 is 0 Å². The number of halogens is 3. The fraction of sp³-hybridized carbons (Fsp3) is 0.406. The molecule has 1 aromatic heterocycles. The molecule has 4 rings (SSSR count). The predicted octanol–water partition coefficient (Wildman–Crippen LogP) is 3.39. The van der Waals surface area contributed by atoms with Gasteiger partial charge in [0.1, 0.15) is 17.9 Å². The average molecular weight is 627 g/mol. The van der Waals surface area contributed by atoms with Crippen molar-refractivity contribution in [2.45, 2.75) is 63.7 Å². The Hall–Kier alpha value is -4.68. The lowest BCUT2D eigenvalue weighted by molar-refractivity contribution is -0.173. The molecule has 3 amide bonds. The van der Waals surface area contributed by atoms with Crippen molar-refractivity contribution in [3.63, 3.8) is 0 Å². The first-order valence-corrected chi connectivity index (χ1v) is 14.9. The third-order valence-corrected chi connectivity index (χ3v) is 7.77. The van der Waals surface area contributed by atoms with Gasteiger partial charge in [-0.1, -0.05) is 49.4 Å². The molecule has 2 unspecified atom stereocenters. The van der Waals surface area contributed by atoms with Crippen molar-refractivity contribution in [1.29, 1.82) is 5.41 Å². The molecule has 1 saturated heterocycles. The number of piperidine rings is 1. The molecule has 2 aromatic carbocycles. The molecule has 3 aromatic rings. The summed E-state index contributed by atoms with van der Waals surface area (Å²) in [5, 5.41) is 16.2. The third kappa shape index (κ3) is 8.93. The number of hydrogen-bond acceptors (Lipinski definition) is 5. The Morgan fingerprint density at radius 1 is 0.911 bits per heavy atom. The number of ketones is 1. The van der Waals surface area contributed by atoms with Crippen LogP contribution < -0.4 is 16.0 Å². The SMILES string of the molecule is CCC(=O)NC(Cc1ccc(C(=N)N2CCCCC2)cc1)C(=O)NCC(=O)NC(Cc1c[nH]c2ccccc12)C(=O)C(F)(F)F. The topological polar surface area (TPSA) is 147 Å². The zero-order valence-corrected chi connectivity index (χ0v) is 24.9. The molecule has 0 aliphatic carbocycles. The van der Waals surface area contributed by atoms with Gasteiger partial charge in [0.25, 0.3) is 5.78 Å². The predicted molar refractivity (Wildman–Crippen MR) is 163 cm³/mol. The van der Waals surface area contributed by atoms with Crippen molar-refractivity contribution in [2.75, 3.05) is 19.6 Å². The van der Waals surface area contributed by atoms with E-state index < -0.39 is 54.7 Å². The van der Waals surface area contributed by atoms with Crippen LogP contribution in [-0.2, 0) is 32.0 Å². The standard InChI is InChI=1S/C32H37F3N6O4/c1-2-27(42)40-26(16-20-10-12-21(13-11-20)30(36)41-14-6-3-7-15-41)31(45)38-19-28(43)39-25(29(44)32(33,34)35)17-22-18-37-24-9-5-4-8-23(22)24/h4-5,8-13,18,25-26,36-37H,2-3,6-7,14-17,19H2,1H3,(H,38,45)(H,39,43)(H,40,42). The maximum absolute atomic E-state index is 13.4. The number of amidine groups is 1. The second-order valence-corrected chi connectivity index (χ2v) is 11.0. The van der Waals surface area contributed by atoms with Gasteiger partial charge in [-0.25, -0.2) is 0 Å². The van der Waals surface area contributed by atoms with Gasteiger partial charge in [-0.3, -0.25) is 24.6 Å². The normalized spacial score (nSPS) is 14.8. The number of fused-ring (bicyclic) bond motifs is 1. The number of aromatic amines is 1. The second kappa shape index (κ2) is 14.9. The zero-order chi connectivity index (χ0) is 32.6. The van der Waals surface area contributed by atoms with E-state index in [0.717, 1.165) is 37.9 Å². The molecular weight excluding hydrogens is 589 g/mol. The van der Waals surface area contributed by atoms with Gasteiger partial charge in [-0.05, 0) is 36.5 Å². The smallest absolute Gasteiger partial charge is 0.361 e. The largest absolute Gasteiger partial charge is 0.452 e. The summed E-state index contributed by atoms with van der Waals surface area (Å²) in [6, 6.07) is 11.0. The fourth-order valence-corrected chi connectivity index (χ4v) is 5.30. The summed E-state index contributed by atoms with van der Waals surface area (Å²) >= 11 is 0. The minimum atomic E-state index is -5.19. The van der Waals surface area contributed by atoms with Gasteiger partial charge in [-0.15, -0.1) is 0 Å². The number of benzene rings is 2. The van der Waals surface area contributed by atoms with Crippen molar-refractivity contribution in [3.8, 4) is 0 Å². The highest BCUT2D eigenvalue weighted by Crippen LogP contribution is 2.23. The minimum absolute atomic E-state index is 0.0757. The molecule has 1 fully saturated rings. The van der Waals surface area contributed by atoms with Gasteiger partial charge in [0, 0.05) is 55.0 Å². The van der Waals surface area contributed by atoms with Crippen LogP contribution in [0.15, 0.2) is 54.7 Å². The maximum atomic E-state index is 13.4. The van der Waals surface area contributed by atoms with E-state index in [-0.39, 0.29) is 12.8 Å². The number of likely N-dealkylation sites (tertiary alicyclic amines) is 1. The van der Waals surface area contributed by atoms with Crippen LogP contribution in [0.1, 0.15) is 49.3 Å². The Balaban J connectivity index is 1.39. The molecule has 45 heavy (non-hydrogen) atoms. The molecule has 0 bridgehead atoms. The van der Waals surface area contributed by atoms with Crippen molar-refractivity contribution in [2.24, 2.45) is 0 Å². The number of carbonyl (C=O) groups is 4. The summed E-state index contributed by atoms with van der Waals surface area (Å²) in [6.07, 6.45) is -0.718. The van der Waals surface area contributed by atoms with Crippen LogP contribution in [0.25, 0.3) is 10.9 Å². The van der Waals surface area contributed by atoms with Crippen LogP contribution >= 0.6 is 0 Å². The van der Waals surface area contributed by atoms with E-state index in [1.165, 1.54) is 6.20 Å². The summed E-state index contributed by atoms with van der Waals surface area (Å²) in [7, 11) is 0. The van der Waals surface area contributed by atoms with Crippen molar-refractivity contribution in [1.82, 2.24) is 25.8 Å². The van der Waals surface area contributed by atoms with Crippen LogP contribution in [0.2, 0.25) is 0 Å². The molecular formula is C32H37F3N6O4. The molecule has 0 saturated carbocycles. The van der Waals surface area contributed by atoms with Crippen LogP contribution in [-0.4, -0.2) is 77.1 Å². The highest BCUT2D eigenvalue weighted by molar-refractivity contribution is 5.97. The molecule has 0 spiro atoms. The van der Waals surface area contributed by atoms with Gasteiger partial charge in [0.2, 0.25) is 17.7 Å². The monoisotopic (exact) mass is 626 g/mol. The lowest BCUT2D eigenvalue weighted by atomic mass is 10.0. The van der Waals surface area contributed by atoms with Gasteiger partial charge < -0.3 is 25.8 Å². The minimum Gasteiger partial charge on any atom is -0.361 e. The van der Waals surface area contributed by atoms with Crippen LogP contribution in [0.3, 0.4) is 0 Å². The molecule has 13 heteroatoms. The molecule has 1 aliphatic heterocycles. The molecule has 0 radical (unpaired) electrons. The first-order chi connectivity index (χ1) is 21.5. The quantitative estimate of drug-likeness (QED) is 0.155. The number of alkyl halides is 3.